The third kappa shape index (κ3) is 1.24. The molecule has 1 aromatic heterocycles. The first kappa shape index (κ1) is 8.66. The van der Waals surface area contributed by atoms with Crippen molar-refractivity contribution in [2.75, 3.05) is 13.2 Å². The van der Waals surface area contributed by atoms with Gasteiger partial charge in [-0.25, -0.2) is 0 Å². The molecule has 13 heavy (non-hydrogen) atoms. The first-order valence-corrected chi connectivity index (χ1v) is 4.55. The minimum absolute atomic E-state index is 0.0169. The molecule has 0 saturated heterocycles. The van der Waals surface area contributed by atoms with Crippen LogP contribution < -0.4 is 5.73 Å². The minimum Gasteiger partial charge on any atom is -0.396 e. The monoisotopic (exact) mass is 178 g/mol. The molecule has 2 unspecified atom stereocenters. The van der Waals surface area contributed by atoms with Gasteiger partial charge in [0, 0.05) is 31.0 Å². The van der Waals surface area contributed by atoms with Crippen LogP contribution >= 0.6 is 0 Å². The second kappa shape index (κ2) is 3.09. The standard InChI is InChI=1S/C10H14N2O/c11-7-10(4-9(10)6-13)8-2-1-3-12-5-8/h1-3,5,9,13H,4,6-7,11H2. The summed E-state index contributed by atoms with van der Waals surface area (Å²) in [5.41, 5.74) is 6.91. The Balaban J connectivity index is 2.25. The Morgan fingerprint density at radius 1 is 1.69 bits per heavy atom. The highest BCUT2D eigenvalue weighted by molar-refractivity contribution is 5.32. The summed E-state index contributed by atoms with van der Waals surface area (Å²) >= 11 is 0. The van der Waals surface area contributed by atoms with Crippen molar-refractivity contribution in [2.24, 2.45) is 11.7 Å². The number of hydrogen-bond donors (Lipinski definition) is 2. The van der Waals surface area contributed by atoms with Gasteiger partial charge in [-0.15, -0.1) is 0 Å². The quantitative estimate of drug-likeness (QED) is 0.699. The van der Waals surface area contributed by atoms with E-state index in [0.29, 0.717) is 12.5 Å². The summed E-state index contributed by atoms with van der Waals surface area (Å²) in [5, 5.41) is 9.06. The Morgan fingerprint density at radius 2 is 2.54 bits per heavy atom. The summed E-state index contributed by atoms with van der Waals surface area (Å²) in [6, 6.07) is 3.95. The van der Waals surface area contributed by atoms with Crippen LogP contribution in [0.25, 0.3) is 0 Å². The van der Waals surface area contributed by atoms with Crippen LogP contribution in [0.1, 0.15) is 12.0 Å². The Hall–Kier alpha value is -0.930. The number of aliphatic hydroxyl groups is 1. The smallest absolute Gasteiger partial charge is 0.0468 e. The SMILES string of the molecule is NCC1(c2cccnc2)CC1CO. The molecule has 2 rings (SSSR count). The van der Waals surface area contributed by atoms with Crippen LogP contribution in [0, 0.1) is 5.92 Å². The molecule has 1 aromatic rings. The number of aromatic nitrogens is 1. The molecule has 70 valence electrons. The molecule has 1 saturated carbocycles. The van der Waals surface area contributed by atoms with E-state index in [1.807, 2.05) is 18.3 Å². The molecule has 1 aliphatic carbocycles. The van der Waals surface area contributed by atoms with Crippen molar-refractivity contribution in [3.8, 4) is 0 Å². The molecule has 3 nitrogen and oxygen atoms in total. The van der Waals surface area contributed by atoms with Gasteiger partial charge in [0.25, 0.3) is 0 Å². The molecule has 0 radical (unpaired) electrons. The molecule has 1 fully saturated rings. The van der Waals surface area contributed by atoms with Crippen molar-refractivity contribution >= 4 is 0 Å². The van der Waals surface area contributed by atoms with Crippen LogP contribution in [0.5, 0.6) is 0 Å². The lowest BCUT2D eigenvalue weighted by molar-refractivity contribution is 0.264. The van der Waals surface area contributed by atoms with Gasteiger partial charge in [0.05, 0.1) is 0 Å². The van der Waals surface area contributed by atoms with Crippen molar-refractivity contribution in [2.45, 2.75) is 11.8 Å². The molecule has 0 amide bonds. The van der Waals surface area contributed by atoms with Crippen LogP contribution in [0.15, 0.2) is 24.5 Å². The topological polar surface area (TPSA) is 59.1 Å². The van der Waals surface area contributed by atoms with E-state index >= 15 is 0 Å². The lowest BCUT2D eigenvalue weighted by Gasteiger charge is -2.13. The first-order chi connectivity index (χ1) is 6.33. The zero-order chi connectivity index (χ0) is 9.31. The van der Waals surface area contributed by atoms with Gasteiger partial charge in [-0.05, 0) is 24.0 Å². The number of nitrogens with two attached hydrogens (primary N) is 1. The summed E-state index contributed by atoms with van der Waals surface area (Å²) in [4.78, 5) is 4.07. The second-order valence-electron chi connectivity index (χ2n) is 3.69. The predicted octanol–water partition coefficient (Wildman–Crippen LogP) is 0.290. The lowest BCUT2D eigenvalue weighted by atomic mass is 9.95. The maximum absolute atomic E-state index is 9.06. The Bertz CT molecular complexity index is 288. The maximum atomic E-state index is 9.06. The number of nitrogens with zero attached hydrogens (tertiary/aromatic N) is 1. The summed E-state index contributed by atoms with van der Waals surface area (Å²) in [6.07, 6.45) is 4.60. The van der Waals surface area contributed by atoms with Gasteiger partial charge in [0.1, 0.15) is 0 Å². The fraction of sp³-hybridized carbons (Fsp3) is 0.500. The normalized spacial score (nSPS) is 31.7. The third-order valence-corrected chi connectivity index (χ3v) is 3.05. The average molecular weight is 178 g/mol. The summed E-state index contributed by atoms with van der Waals surface area (Å²) in [5.74, 6) is 0.335. The molecule has 2 atom stereocenters. The fourth-order valence-corrected chi connectivity index (χ4v) is 2.00. The second-order valence-corrected chi connectivity index (χ2v) is 3.69. The summed E-state index contributed by atoms with van der Waals surface area (Å²) < 4.78 is 0. The van der Waals surface area contributed by atoms with Crippen molar-refractivity contribution in [1.29, 1.82) is 0 Å². The van der Waals surface area contributed by atoms with Crippen LogP contribution in [0.2, 0.25) is 0 Å². The average Bonchev–Trinajstić information content (AvgIpc) is 2.94. The van der Waals surface area contributed by atoms with E-state index in [0.717, 1.165) is 12.0 Å². The van der Waals surface area contributed by atoms with Crippen molar-refractivity contribution in [3.05, 3.63) is 30.1 Å². The van der Waals surface area contributed by atoms with Gasteiger partial charge >= 0.3 is 0 Å². The predicted molar refractivity (Wildman–Crippen MR) is 50.2 cm³/mol. The number of aliphatic hydroxyl groups excluding tert-OH is 1. The number of hydrogen-bond acceptors (Lipinski definition) is 3. The zero-order valence-electron chi connectivity index (χ0n) is 7.48. The molecule has 3 N–H and O–H groups in total. The molecule has 3 heteroatoms. The largest absolute Gasteiger partial charge is 0.396 e. The van der Waals surface area contributed by atoms with Crippen LogP contribution in [-0.4, -0.2) is 23.2 Å². The summed E-state index contributed by atoms with van der Waals surface area (Å²) in [7, 11) is 0. The Labute approximate surface area is 77.6 Å². The van der Waals surface area contributed by atoms with Crippen LogP contribution in [-0.2, 0) is 5.41 Å². The molecule has 0 aromatic carbocycles. The highest BCUT2D eigenvalue weighted by Gasteiger charge is 2.53. The van der Waals surface area contributed by atoms with Crippen molar-refractivity contribution in [3.63, 3.8) is 0 Å². The molecule has 1 aliphatic rings. The lowest BCUT2D eigenvalue weighted by Crippen LogP contribution is -2.23. The van der Waals surface area contributed by atoms with E-state index in [9.17, 15) is 0 Å². The van der Waals surface area contributed by atoms with Gasteiger partial charge in [0.2, 0.25) is 0 Å². The van der Waals surface area contributed by atoms with Crippen LogP contribution in [0.3, 0.4) is 0 Å². The molecular formula is C10H14N2O. The fourth-order valence-electron chi connectivity index (χ4n) is 2.00. The van der Waals surface area contributed by atoms with Gasteiger partial charge in [0.15, 0.2) is 0 Å². The molecule has 0 spiro atoms. The summed E-state index contributed by atoms with van der Waals surface area (Å²) in [6.45, 7) is 0.829. The maximum Gasteiger partial charge on any atom is 0.0468 e. The molecule has 0 aliphatic heterocycles. The zero-order valence-corrected chi connectivity index (χ0v) is 7.48. The highest BCUT2D eigenvalue weighted by Crippen LogP contribution is 2.52. The third-order valence-electron chi connectivity index (χ3n) is 3.05. The van der Waals surface area contributed by atoms with E-state index in [1.165, 1.54) is 0 Å². The van der Waals surface area contributed by atoms with E-state index in [4.69, 9.17) is 10.8 Å². The van der Waals surface area contributed by atoms with Gasteiger partial charge < -0.3 is 10.8 Å². The van der Waals surface area contributed by atoms with Crippen LogP contribution in [0.4, 0.5) is 0 Å². The molecule has 0 bridgehead atoms. The van der Waals surface area contributed by atoms with Gasteiger partial charge in [-0.1, -0.05) is 6.07 Å². The van der Waals surface area contributed by atoms with E-state index in [1.54, 1.807) is 6.20 Å². The number of rotatable bonds is 3. The van der Waals surface area contributed by atoms with E-state index < -0.39 is 0 Å². The van der Waals surface area contributed by atoms with E-state index in [2.05, 4.69) is 4.98 Å². The Kier molecular flexibility index (Phi) is 2.06. The minimum atomic E-state index is 0.0169. The molecule has 1 heterocycles. The molecular weight excluding hydrogens is 164 g/mol. The van der Waals surface area contributed by atoms with E-state index in [-0.39, 0.29) is 12.0 Å². The van der Waals surface area contributed by atoms with Gasteiger partial charge in [-0.3, -0.25) is 4.98 Å². The first-order valence-electron chi connectivity index (χ1n) is 4.55. The number of pyridine rings is 1. The van der Waals surface area contributed by atoms with Crippen molar-refractivity contribution < 1.29 is 5.11 Å². The van der Waals surface area contributed by atoms with Crippen molar-refractivity contribution in [1.82, 2.24) is 4.98 Å². The van der Waals surface area contributed by atoms with Gasteiger partial charge in [-0.2, -0.15) is 0 Å². The highest BCUT2D eigenvalue weighted by atomic mass is 16.3. The Morgan fingerprint density at radius 3 is 3.00 bits per heavy atom.